The monoisotopic (exact) mass is 298 g/mol. The van der Waals surface area contributed by atoms with Crippen LogP contribution < -0.4 is 11.1 Å². The van der Waals surface area contributed by atoms with E-state index in [-0.39, 0.29) is 19.4 Å². The van der Waals surface area contributed by atoms with Crippen LogP contribution in [0.2, 0.25) is 0 Å². The number of hydrogen-bond acceptors (Lipinski definition) is 4. The standard InChI is InChI=1S/C14H19FN2O4/c15-7-4-8-21-14(20)17-11(12(18)13(16)19)9-10-5-2-1-3-6-10/h1-3,5-6,11-12,18H,4,7-9H2,(H2,16,19)(H,17,20). The maximum atomic E-state index is 11.9. The molecule has 0 radical (unpaired) electrons. The van der Waals surface area contributed by atoms with E-state index < -0.39 is 30.8 Å². The van der Waals surface area contributed by atoms with Crippen LogP contribution in [0.5, 0.6) is 0 Å². The van der Waals surface area contributed by atoms with Gasteiger partial charge >= 0.3 is 6.09 Å². The molecule has 0 aliphatic rings. The van der Waals surface area contributed by atoms with Crippen molar-refractivity contribution in [1.82, 2.24) is 5.32 Å². The van der Waals surface area contributed by atoms with Crippen LogP contribution in [0.1, 0.15) is 12.0 Å². The van der Waals surface area contributed by atoms with Crippen LogP contribution in [0.15, 0.2) is 30.3 Å². The second-order valence-electron chi connectivity index (χ2n) is 4.47. The highest BCUT2D eigenvalue weighted by Crippen LogP contribution is 2.07. The highest BCUT2D eigenvalue weighted by atomic mass is 19.1. The molecule has 2 amide bonds. The Morgan fingerprint density at radius 2 is 2.00 bits per heavy atom. The molecule has 21 heavy (non-hydrogen) atoms. The van der Waals surface area contributed by atoms with Gasteiger partial charge in [0.05, 0.1) is 19.3 Å². The minimum Gasteiger partial charge on any atom is -0.449 e. The molecule has 4 N–H and O–H groups in total. The van der Waals surface area contributed by atoms with Gasteiger partial charge in [0.15, 0.2) is 6.10 Å². The average molecular weight is 298 g/mol. The number of alkyl carbamates (subject to hydrolysis) is 1. The summed E-state index contributed by atoms with van der Waals surface area (Å²) in [4.78, 5) is 22.6. The fourth-order valence-electron chi connectivity index (χ4n) is 1.72. The minimum absolute atomic E-state index is 0.0763. The first kappa shape index (κ1) is 16.9. The fraction of sp³-hybridized carbons (Fsp3) is 0.429. The van der Waals surface area contributed by atoms with Gasteiger partial charge < -0.3 is 20.9 Å². The Hall–Kier alpha value is -2.15. The smallest absolute Gasteiger partial charge is 0.407 e. The summed E-state index contributed by atoms with van der Waals surface area (Å²) in [6, 6.07) is 8.07. The second-order valence-corrected chi connectivity index (χ2v) is 4.47. The Kier molecular flexibility index (Phi) is 7.17. The number of rotatable bonds is 8. The summed E-state index contributed by atoms with van der Waals surface area (Å²) in [5.74, 6) is -0.944. The highest BCUT2D eigenvalue weighted by Gasteiger charge is 2.26. The Morgan fingerprint density at radius 3 is 2.57 bits per heavy atom. The summed E-state index contributed by atoms with van der Waals surface area (Å²) in [6.07, 6.45) is -2.07. The van der Waals surface area contributed by atoms with Crippen molar-refractivity contribution < 1.29 is 23.8 Å². The SMILES string of the molecule is NC(=O)C(O)C(Cc1ccccc1)NC(=O)OCCCF. The normalized spacial score (nSPS) is 13.2. The van der Waals surface area contributed by atoms with Crippen molar-refractivity contribution in [3.8, 4) is 0 Å². The third-order valence-corrected chi connectivity index (χ3v) is 2.79. The van der Waals surface area contributed by atoms with E-state index >= 15 is 0 Å². The van der Waals surface area contributed by atoms with Crippen molar-refractivity contribution in [1.29, 1.82) is 0 Å². The highest BCUT2D eigenvalue weighted by molar-refractivity contribution is 5.80. The molecule has 116 valence electrons. The van der Waals surface area contributed by atoms with Crippen molar-refractivity contribution in [3.63, 3.8) is 0 Å². The number of nitrogens with one attached hydrogen (secondary N) is 1. The number of alkyl halides is 1. The molecule has 0 saturated heterocycles. The number of aliphatic hydroxyl groups is 1. The van der Waals surface area contributed by atoms with Gasteiger partial charge in [-0.3, -0.25) is 9.18 Å². The largest absolute Gasteiger partial charge is 0.449 e. The number of ether oxygens (including phenoxy) is 1. The summed E-state index contributed by atoms with van der Waals surface area (Å²) in [7, 11) is 0. The number of benzene rings is 1. The fourth-order valence-corrected chi connectivity index (χ4v) is 1.72. The Morgan fingerprint density at radius 1 is 1.33 bits per heavy atom. The van der Waals surface area contributed by atoms with E-state index in [0.717, 1.165) is 5.56 Å². The summed E-state index contributed by atoms with van der Waals surface area (Å²) in [5.41, 5.74) is 5.87. The predicted octanol–water partition coefficient (Wildman–Crippen LogP) is 0.530. The van der Waals surface area contributed by atoms with E-state index in [1.54, 1.807) is 24.3 Å². The number of primary amides is 1. The first-order chi connectivity index (χ1) is 10.0. The van der Waals surface area contributed by atoms with Crippen molar-refractivity contribution in [2.45, 2.75) is 25.0 Å². The zero-order chi connectivity index (χ0) is 15.7. The van der Waals surface area contributed by atoms with Gasteiger partial charge in [-0.05, 0) is 12.0 Å². The third-order valence-electron chi connectivity index (χ3n) is 2.79. The molecule has 1 aromatic rings. The molecule has 2 unspecified atom stereocenters. The molecule has 2 atom stereocenters. The maximum Gasteiger partial charge on any atom is 0.407 e. The van der Waals surface area contributed by atoms with Crippen molar-refractivity contribution >= 4 is 12.0 Å². The molecule has 0 spiro atoms. The number of amides is 2. The van der Waals surface area contributed by atoms with Crippen LogP contribution in [0.3, 0.4) is 0 Å². The van der Waals surface area contributed by atoms with Crippen LogP contribution in [0.4, 0.5) is 9.18 Å². The van der Waals surface area contributed by atoms with Gasteiger partial charge in [-0.1, -0.05) is 30.3 Å². The van der Waals surface area contributed by atoms with Crippen molar-refractivity contribution in [2.24, 2.45) is 5.73 Å². The van der Waals surface area contributed by atoms with Crippen LogP contribution in [-0.4, -0.2) is 42.5 Å². The molecule has 0 bridgehead atoms. The number of carbonyl (C=O) groups is 2. The average Bonchev–Trinajstić information content (AvgIpc) is 2.47. The van der Waals surface area contributed by atoms with Gasteiger partial charge in [0.2, 0.25) is 5.91 Å². The molecule has 0 aromatic heterocycles. The molecule has 6 nitrogen and oxygen atoms in total. The first-order valence-corrected chi connectivity index (χ1v) is 6.55. The molecule has 1 aromatic carbocycles. The quantitative estimate of drug-likeness (QED) is 0.609. The molecular weight excluding hydrogens is 279 g/mol. The van der Waals surface area contributed by atoms with Crippen LogP contribution >= 0.6 is 0 Å². The molecule has 7 heteroatoms. The predicted molar refractivity (Wildman–Crippen MR) is 74.2 cm³/mol. The summed E-state index contributed by atoms with van der Waals surface area (Å²) in [5, 5.41) is 12.1. The van der Waals surface area contributed by atoms with E-state index in [2.05, 4.69) is 5.32 Å². The minimum atomic E-state index is -1.54. The lowest BCUT2D eigenvalue weighted by Crippen LogP contribution is -2.50. The number of halogens is 1. The second kappa shape index (κ2) is 8.91. The summed E-state index contributed by atoms with van der Waals surface area (Å²) >= 11 is 0. The van der Waals surface area contributed by atoms with E-state index in [0.29, 0.717) is 0 Å². The Balaban J connectivity index is 2.64. The van der Waals surface area contributed by atoms with E-state index in [1.165, 1.54) is 0 Å². The molecule has 0 fully saturated rings. The van der Waals surface area contributed by atoms with Gasteiger partial charge in [0.25, 0.3) is 0 Å². The lowest BCUT2D eigenvalue weighted by Gasteiger charge is -2.22. The third kappa shape index (κ3) is 6.22. The van der Waals surface area contributed by atoms with Crippen molar-refractivity contribution in [2.75, 3.05) is 13.3 Å². The summed E-state index contributed by atoms with van der Waals surface area (Å²) in [6.45, 7) is -0.669. The Bertz CT molecular complexity index is 456. The maximum absolute atomic E-state index is 11.9. The summed E-state index contributed by atoms with van der Waals surface area (Å²) < 4.78 is 16.6. The molecule has 0 aliphatic carbocycles. The van der Waals surface area contributed by atoms with Gasteiger partial charge in [-0.25, -0.2) is 4.79 Å². The number of nitrogens with two attached hydrogens (primary N) is 1. The van der Waals surface area contributed by atoms with E-state index in [4.69, 9.17) is 10.5 Å². The molecule has 0 heterocycles. The Labute approximate surface area is 122 Å². The molecule has 0 aliphatic heterocycles. The number of hydrogen-bond donors (Lipinski definition) is 3. The van der Waals surface area contributed by atoms with Crippen LogP contribution in [0.25, 0.3) is 0 Å². The van der Waals surface area contributed by atoms with Gasteiger partial charge in [0, 0.05) is 6.42 Å². The van der Waals surface area contributed by atoms with Crippen LogP contribution in [0, 0.1) is 0 Å². The number of aliphatic hydroxyl groups excluding tert-OH is 1. The topological polar surface area (TPSA) is 102 Å². The lowest BCUT2D eigenvalue weighted by molar-refractivity contribution is -0.127. The molecular formula is C14H19FN2O4. The first-order valence-electron chi connectivity index (χ1n) is 6.55. The number of carbonyl (C=O) groups excluding carboxylic acids is 2. The lowest BCUT2D eigenvalue weighted by atomic mass is 10.0. The van der Waals surface area contributed by atoms with Crippen LogP contribution in [-0.2, 0) is 16.0 Å². The van der Waals surface area contributed by atoms with Gasteiger partial charge in [-0.2, -0.15) is 0 Å². The van der Waals surface area contributed by atoms with Crippen molar-refractivity contribution in [3.05, 3.63) is 35.9 Å². The van der Waals surface area contributed by atoms with Gasteiger partial charge in [-0.15, -0.1) is 0 Å². The van der Waals surface area contributed by atoms with Gasteiger partial charge in [0.1, 0.15) is 0 Å². The molecule has 1 rings (SSSR count). The molecule has 0 saturated carbocycles. The zero-order valence-electron chi connectivity index (χ0n) is 11.5. The van der Waals surface area contributed by atoms with E-state index in [9.17, 15) is 19.1 Å². The zero-order valence-corrected chi connectivity index (χ0v) is 11.5. The van der Waals surface area contributed by atoms with E-state index in [1.807, 2.05) is 6.07 Å².